The molecule has 0 aliphatic carbocycles. The molecule has 0 saturated carbocycles. The van der Waals surface area contributed by atoms with Crippen LogP contribution in [0.1, 0.15) is 39.9 Å². The zero-order chi connectivity index (χ0) is 26.2. The smallest absolute Gasteiger partial charge is 0.341 e. The van der Waals surface area contributed by atoms with Crippen LogP contribution in [0.4, 0.5) is 5.00 Å². The number of hydrogen-bond acceptors (Lipinski definition) is 6. The maximum Gasteiger partial charge on any atom is 0.341 e. The average molecular weight is 514 g/mol. The highest BCUT2D eigenvalue weighted by Gasteiger charge is 2.26. The van der Waals surface area contributed by atoms with Crippen LogP contribution in [0.25, 0.3) is 11.1 Å². The molecule has 0 saturated heterocycles. The Labute approximate surface area is 219 Å². The van der Waals surface area contributed by atoms with Crippen LogP contribution in [-0.2, 0) is 19.1 Å². The van der Waals surface area contributed by atoms with E-state index in [2.05, 4.69) is 5.32 Å². The highest BCUT2D eigenvalue weighted by atomic mass is 32.1. The van der Waals surface area contributed by atoms with Gasteiger partial charge in [0.25, 0.3) is 5.91 Å². The Morgan fingerprint density at radius 2 is 1.43 bits per heavy atom. The van der Waals surface area contributed by atoms with Crippen LogP contribution in [-0.4, -0.2) is 31.1 Å². The SMILES string of the molecule is CCOC(=O)c1c(-c2ccc(C)cc2)csc1NC(=O)COC(=O)C(c1ccccc1)c1ccccc1. The number of esters is 2. The fourth-order valence-corrected chi connectivity index (χ4v) is 4.91. The summed E-state index contributed by atoms with van der Waals surface area (Å²) in [5.74, 6) is -2.28. The number of benzene rings is 3. The molecule has 0 aliphatic rings. The largest absolute Gasteiger partial charge is 0.462 e. The van der Waals surface area contributed by atoms with E-state index in [4.69, 9.17) is 9.47 Å². The molecule has 3 aromatic carbocycles. The van der Waals surface area contributed by atoms with Crippen LogP contribution in [0.5, 0.6) is 0 Å². The van der Waals surface area contributed by atoms with E-state index in [1.165, 1.54) is 11.3 Å². The standard InChI is InChI=1S/C30H27NO5S/c1-3-35-30(34)27-24(21-16-14-20(2)15-17-21)19-37-28(27)31-25(32)18-36-29(33)26(22-10-6-4-7-11-22)23-12-8-5-9-13-23/h4-17,19,26H,3,18H2,1-2H3,(H,31,32). The Morgan fingerprint density at radius 1 is 0.838 bits per heavy atom. The van der Waals surface area contributed by atoms with E-state index in [0.717, 1.165) is 22.3 Å². The van der Waals surface area contributed by atoms with E-state index in [1.807, 2.05) is 91.9 Å². The zero-order valence-corrected chi connectivity index (χ0v) is 21.4. The number of nitrogens with one attached hydrogen (secondary N) is 1. The third-order valence-corrected chi connectivity index (χ3v) is 6.63. The molecular weight excluding hydrogens is 486 g/mol. The topological polar surface area (TPSA) is 81.7 Å². The number of anilines is 1. The third-order valence-electron chi connectivity index (χ3n) is 5.73. The van der Waals surface area contributed by atoms with Crippen molar-refractivity contribution in [2.24, 2.45) is 0 Å². The van der Waals surface area contributed by atoms with Crippen molar-refractivity contribution in [1.82, 2.24) is 0 Å². The summed E-state index contributed by atoms with van der Waals surface area (Å²) in [5, 5.41) is 4.88. The molecule has 4 aromatic rings. The zero-order valence-electron chi connectivity index (χ0n) is 20.6. The molecule has 37 heavy (non-hydrogen) atoms. The second kappa shape index (κ2) is 12.1. The molecule has 0 spiro atoms. The van der Waals surface area contributed by atoms with Crippen molar-refractivity contribution in [2.75, 3.05) is 18.5 Å². The summed E-state index contributed by atoms with van der Waals surface area (Å²) in [7, 11) is 0. The summed E-state index contributed by atoms with van der Waals surface area (Å²) in [5.41, 5.74) is 4.42. The second-order valence-electron chi connectivity index (χ2n) is 8.35. The predicted molar refractivity (Wildman–Crippen MR) is 145 cm³/mol. The summed E-state index contributed by atoms with van der Waals surface area (Å²) in [6.07, 6.45) is 0. The number of carbonyl (C=O) groups excluding carboxylic acids is 3. The number of hydrogen-bond donors (Lipinski definition) is 1. The van der Waals surface area contributed by atoms with Crippen molar-refractivity contribution in [3.05, 3.63) is 113 Å². The highest BCUT2D eigenvalue weighted by Crippen LogP contribution is 2.36. The first kappa shape index (κ1) is 25.9. The van der Waals surface area contributed by atoms with Crippen molar-refractivity contribution in [3.63, 3.8) is 0 Å². The molecule has 1 heterocycles. The lowest BCUT2D eigenvalue weighted by Crippen LogP contribution is -2.25. The van der Waals surface area contributed by atoms with Gasteiger partial charge in [-0.2, -0.15) is 0 Å². The van der Waals surface area contributed by atoms with Crippen molar-refractivity contribution < 1.29 is 23.9 Å². The fourth-order valence-electron chi connectivity index (χ4n) is 3.94. The number of amides is 1. The Hall–Kier alpha value is -4.23. The quantitative estimate of drug-likeness (QED) is 0.269. The Bertz CT molecular complexity index is 1320. The molecule has 188 valence electrons. The van der Waals surface area contributed by atoms with Gasteiger partial charge in [-0.05, 0) is 30.5 Å². The minimum absolute atomic E-state index is 0.202. The van der Waals surface area contributed by atoms with Gasteiger partial charge in [0.1, 0.15) is 16.5 Å². The van der Waals surface area contributed by atoms with Crippen LogP contribution in [0.2, 0.25) is 0 Å². The predicted octanol–water partition coefficient (Wildman–Crippen LogP) is 6.21. The number of carbonyl (C=O) groups is 3. The fraction of sp³-hybridized carbons (Fsp3) is 0.167. The highest BCUT2D eigenvalue weighted by molar-refractivity contribution is 7.15. The maximum absolute atomic E-state index is 13.1. The van der Waals surface area contributed by atoms with Crippen molar-refractivity contribution >= 4 is 34.2 Å². The number of ether oxygens (including phenoxy) is 2. The van der Waals surface area contributed by atoms with Gasteiger partial charge in [-0.3, -0.25) is 9.59 Å². The van der Waals surface area contributed by atoms with E-state index in [9.17, 15) is 14.4 Å². The summed E-state index contributed by atoms with van der Waals surface area (Å²) in [6.45, 7) is 3.42. The molecule has 1 N–H and O–H groups in total. The van der Waals surface area contributed by atoms with Crippen LogP contribution >= 0.6 is 11.3 Å². The molecule has 6 nitrogen and oxygen atoms in total. The summed E-state index contributed by atoms with van der Waals surface area (Å²) in [6, 6.07) is 26.3. The van der Waals surface area contributed by atoms with Gasteiger partial charge in [0.05, 0.1) is 6.61 Å². The summed E-state index contributed by atoms with van der Waals surface area (Å²) < 4.78 is 10.7. The lowest BCUT2D eigenvalue weighted by molar-refractivity contribution is -0.147. The van der Waals surface area contributed by atoms with Gasteiger partial charge < -0.3 is 14.8 Å². The lowest BCUT2D eigenvalue weighted by atomic mass is 9.91. The number of rotatable bonds is 9. The normalized spacial score (nSPS) is 10.7. The monoisotopic (exact) mass is 513 g/mol. The molecule has 4 rings (SSSR count). The van der Waals surface area contributed by atoms with E-state index < -0.39 is 30.4 Å². The van der Waals surface area contributed by atoms with Gasteiger partial charge in [-0.25, -0.2) is 4.79 Å². The van der Waals surface area contributed by atoms with Gasteiger partial charge in [0.2, 0.25) is 0 Å². The maximum atomic E-state index is 13.1. The second-order valence-corrected chi connectivity index (χ2v) is 9.23. The molecule has 7 heteroatoms. The van der Waals surface area contributed by atoms with E-state index in [-0.39, 0.29) is 12.2 Å². The lowest BCUT2D eigenvalue weighted by Gasteiger charge is -2.17. The van der Waals surface area contributed by atoms with Gasteiger partial charge in [0.15, 0.2) is 6.61 Å². The van der Waals surface area contributed by atoms with Crippen LogP contribution in [0.15, 0.2) is 90.3 Å². The van der Waals surface area contributed by atoms with Crippen molar-refractivity contribution in [2.45, 2.75) is 19.8 Å². The minimum Gasteiger partial charge on any atom is -0.462 e. The summed E-state index contributed by atoms with van der Waals surface area (Å²) >= 11 is 1.22. The van der Waals surface area contributed by atoms with Gasteiger partial charge in [-0.15, -0.1) is 11.3 Å². The van der Waals surface area contributed by atoms with Gasteiger partial charge >= 0.3 is 11.9 Å². The minimum atomic E-state index is -0.667. The van der Waals surface area contributed by atoms with Crippen molar-refractivity contribution in [3.8, 4) is 11.1 Å². The molecule has 0 aliphatic heterocycles. The van der Waals surface area contributed by atoms with Gasteiger partial charge in [-0.1, -0.05) is 90.5 Å². The Kier molecular flexibility index (Phi) is 8.48. The molecule has 1 amide bonds. The van der Waals surface area contributed by atoms with Crippen LogP contribution in [0.3, 0.4) is 0 Å². The van der Waals surface area contributed by atoms with Crippen molar-refractivity contribution in [1.29, 1.82) is 0 Å². The first-order chi connectivity index (χ1) is 18.0. The molecular formula is C30H27NO5S. The first-order valence-electron chi connectivity index (χ1n) is 11.9. The van der Waals surface area contributed by atoms with Crippen LogP contribution < -0.4 is 5.32 Å². The number of thiophene rings is 1. The van der Waals surface area contributed by atoms with E-state index >= 15 is 0 Å². The Morgan fingerprint density at radius 3 is 2.00 bits per heavy atom. The summed E-state index contributed by atoms with van der Waals surface area (Å²) in [4.78, 5) is 38.7. The molecule has 0 unspecified atom stereocenters. The molecule has 0 radical (unpaired) electrons. The first-order valence-corrected chi connectivity index (χ1v) is 12.8. The third kappa shape index (κ3) is 6.32. The molecule has 1 aromatic heterocycles. The Balaban J connectivity index is 1.51. The molecule has 0 bridgehead atoms. The van der Waals surface area contributed by atoms with Crippen LogP contribution in [0, 0.1) is 6.92 Å². The van der Waals surface area contributed by atoms with E-state index in [1.54, 1.807) is 12.3 Å². The van der Waals surface area contributed by atoms with Gasteiger partial charge in [0, 0.05) is 10.9 Å². The average Bonchev–Trinajstić information content (AvgIpc) is 3.33. The van der Waals surface area contributed by atoms with E-state index in [0.29, 0.717) is 10.6 Å². The number of aryl methyl sites for hydroxylation is 1. The molecule has 0 fully saturated rings. The molecule has 0 atom stereocenters.